The van der Waals surface area contributed by atoms with Gasteiger partial charge in [-0.1, -0.05) is 0 Å². The maximum Gasteiger partial charge on any atom is 0.264 e. The van der Waals surface area contributed by atoms with E-state index in [9.17, 15) is 12.8 Å². The van der Waals surface area contributed by atoms with Gasteiger partial charge in [-0.3, -0.25) is 0 Å². The summed E-state index contributed by atoms with van der Waals surface area (Å²) in [5.74, 6) is -0.374. The highest BCUT2D eigenvalue weighted by atomic mass is 32.2. The zero-order valence-electron chi connectivity index (χ0n) is 8.01. The first-order valence-corrected chi connectivity index (χ1v) is 5.84. The number of aromatic amines is 1. The van der Waals surface area contributed by atoms with Crippen LogP contribution in [0.3, 0.4) is 0 Å². The van der Waals surface area contributed by atoms with Gasteiger partial charge >= 0.3 is 0 Å². The quantitative estimate of drug-likeness (QED) is 0.851. The van der Waals surface area contributed by atoms with Gasteiger partial charge < -0.3 is 4.98 Å². The van der Waals surface area contributed by atoms with Gasteiger partial charge in [-0.2, -0.15) is 0 Å². The summed E-state index contributed by atoms with van der Waals surface area (Å²) >= 11 is 0. The van der Waals surface area contributed by atoms with Gasteiger partial charge in [0.15, 0.2) is 0 Å². The van der Waals surface area contributed by atoms with Crippen molar-refractivity contribution in [2.75, 3.05) is 4.72 Å². The highest BCUT2D eigenvalue weighted by molar-refractivity contribution is 7.92. The van der Waals surface area contributed by atoms with Gasteiger partial charge in [0.05, 0.1) is 4.90 Å². The van der Waals surface area contributed by atoms with Crippen LogP contribution in [0.25, 0.3) is 0 Å². The second kappa shape index (κ2) is 3.93. The number of rotatable bonds is 3. The first kappa shape index (κ1) is 10.6. The Kier molecular flexibility index (Phi) is 2.61. The molecule has 84 valence electrons. The normalized spacial score (nSPS) is 11.3. The largest absolute Gasteiger partial charge is 0.330 e. The maximum absolute atomic E-state index is 12.6. The molecule has 0 saturated heterocycles. The predicted octanol–water partition coefficient (Wildman–Crippen LogP) is 1.35. The standard InChI is InChI=1S/C9H8FN3O2S/c10-7-1-3-8(4-2-7)16(14,15)13-9-11-5-6-12-9/h1-6H,(H2,11,12,13). The van der Waals surface area contributed by atoms with Crippen molar-refractivity contribution in [3.8, 4) is 0 Å². The first-order valence-electron chi connectivity index (χ1n) is 4.36. The number of hydrogen-bond donors (Lipinski definition) is 2. The Bertz CT molecular complexity index is 563. The zero-order valence-corrected chi connectivity index (χ0v) is 8.83. The monoisotopic (exact) mass is 241 g/mol. The van der Waals surface area contributed by atoms with E-state index in [1.165, 1.54) is 24.5 Å². The lowest BCUT2D eigenvalue weighted by molar-refractivity contribution is 0.599. The van der Waals surface area contributed by atoms with E-state index in [2.05, 4.69) is 14.7 Å². The molecule has 2 aromatic rings. The summed E-state index contributed by atoms with van der Waals surface area (Å²) in [6, 6.07) is 4.52. The Morgan fingerprint density at radius 3 is 2.50 bits per heavy atom. The van der Waals surface area contributed by atoms with E-state index in [0.717, 1.165) is 12.1 Å². The van der Waals surface area contributed by atoms with Crippen molar-refractivity contribution in [1.82, 2.24) is 9.97 Å². The Morgan fingerprint density at radius 1 is 1.25 bits per heavy atom. The molecular formula is C9H8FN3O2S. The minimum absolute atomic E-state index is 0.0229. The SMILES string of the molecule is O=S(=O)(Nc1ncc[nH]1)c1ccc(F)cc1. The summed E-state index contributed by atoms with van der Waals surface area (Å²) in [5, 5.41) is 0. The summed E-state index contributed by atoms with van der Waals surface area (Å²) in [7, 11) is -3.71. The number of nitrogens with one attached hydrogen (secondary N) is 2. The van der Waals surface area contributed by atoms with Crippen molar-refractivity contribution < 1.29 is 12.8 Å². The van der Waals surface area contributed by atoms with Gasteiger partial charge in [-0.25, -0.2) is 22.5 Å². The van der Waals surface area contributed by atoms with Crippen molar-refractivity contribution in [3.05, 3.63) is 42.5 Å². The number of aromatic nitrogens is 2. The number of benzene rings is 1. The lowest BCUT2D eigenvalue weighted by atomic mass is 10.4. The van der Waals surface area contributed by atoms with E-state index in [1.54, 1.807) is 0 Å². The topological polar surface area (TPSA) is 74.8 Å². The summed E-state index contributed by atoms with van der Waals surface area (Å²) in [4.78, 5) is 6.30. The number of H-pyrrole nitrogens is 1. The number of hydrogen-bond acceptors (Lipinski definition) is 3. The molecule has 0 atom stereocenters. The summed E-state index contributed by atoms with van der Waals surface area (Å²) < 4.78 is 38.3. The fourth-order valence-electron chi connectivity index (χ4n) is 1.12. The number of halogens is 1. The molecule has 1 heterocycles. The number of sulfonamides is 1. The molecule has 0 bridgehead atoms. The summed E-state index contributed by atoms with van der Waals surface area (Å²) in [6.45, 7) is 0. The van der Waals surface area contributed by atoms with Crippen LogP contribution in [0, 0.1) is 5.82 Å². The smallest absolute Gasteiger partial charge is 0.264 e. The van der Waals surface area contributed by atoms with Crippen molar-refractivity contribution in [2.45, 2.75) is 4.90 Å². The van der Waals surface area contributed by atoms with Gasteiger partial charge in [-0.15, -0.1) is 0 Å². The van der Waals surface area contributed by atoms with E-state index in [1.807, 2.05) is 0 Å². The van der Waals surface area contributed by atoms with Crippen LogP contribution >= 0.6 is 0 Å². The molecule has 0 aliphatic rings. The Hall–Kier alpha value is -1.89. The minimum Gasteiger partial charge on any atom is -0.330 e. The third-order valence-corrected chi connectivity index (χ3v) is 3.21. The first-order chi connectivity index (χ1) is 7.58. The van der Waals surface area contributed by atoms with Gasteiger partial charge in [-0.05, 0) is 24.3 Å². The van der Waals surface area contributed by atoms with Crippen molar-refractivity contribution in [1.29, 1.82) is 0 Å². The highest BCUT2D eigenvalue weighted by Crippen LogP contribution is 2.13. The predicted molar refractivity (Wildman–Crippen MR) is 55.8 cm³/mol. The maximum atomic E-state index is 12.6. The molecule has 0 aliphatic heterocycles. The fourth-order valence-corrected chi connectivity index (χ4v) is 2.10. The van der Waals surface area contributed by atoms with Gasteiger partial charge in [0.2, 0.25) is 5.95 Å². The number of imidazole rings is 1. The van der Waals surface area contributed by atoms with Crippen LogP contribution in [0.2, 0.25) is 0 Å². The third kappa shape index (κ3) is 2.19. The van der Waals surface area contributed by atoms with Crippen LogP contribution in [0.4, 0.5) is 10.3 Å². The molecule has 5 nitrogen and oxygen atoms in total. The summed E-state index contributed by atoms with van der Waals surface area (Å²) in [5.41, 5.74) is 0. The minimum atomic E-state index is -3.71. The fraction of sp³-hybridized carbons (Fsp3) is 0. The third-order valence-electron chi connectivity index (χ3n) is 1.85. The van der Waals surface area contributed by atoms with Crippen molar-refractivity contribution in [2.24, 2.45) is 0 Å². The van der Waals surface area contributed by atoms with Gasteiger partial charge in [0.1, 0.15) is 5.82 Å². The molecule has 1 aromatic carbocycles. The van der Waals surface area contributed by atoms with Crippen LogP contribution < -0.4 is 4.72 Å². The number of anilines is 1. The second-order valence-electron chi connectivity index (χ2n) is 3.00. The molecule has 2 rings (SSSR count). The van der Waals surface area contributed by atoms with E-state index in [4.69, 9.17) is 0 Å². The molecule has 0 unspecified atom stereocenters. The van der Waals surface area contributed by atoms with Crippen molar-refractivity contribution in [3.63, 3.8) is 0 Å². The summed E-state index contributed by atoms with van der Waals surface area (Å²) in [6.07, 6.45) is 2.91. The number of nitrogens with zero attached hydrogens (tertiary/aromatic N) is 1. The second-order valence-corrected chi connectivity index (χ2v) is 4.68. The molecular weight excluding hydrogens is 233 g/mol. The molecule has 0 aliphatic carbocycles. The van der Waals surface area contributed by atoms with Crippen LogP contribution in [0.5, 0.6) is 0 Å². The van der Waals surface area contributed by atoms with E-state index < -0.39 is 15.8 Å². The average Bonchev–Trinajstić information content (AvgIpc) is 2.70. The molecule has 1 aromatic heterocycles. The lowest BCUT2D eigenvalue weighted by Gasteiger charge is -2.04. The van der Waals surface area contributed by atoms with Crippen molar-refractivity contribution >= 4 is 16.0 Å². The van der Waals surface area contributed by atoms with Crippen LogP contribution in [-0.2, 0) is 10.0 Å². The Balaban J connectivity index is 2.29. The molecule has 0 spiro atoms. The van der Waals surface area contributed by atoms with Crippen LogP contribution in [0.1, 0.15) is 0 Å². The molecule has 0 amide bonds. The molecule has 7 heteroatoms. The van der Waals surface area contributed by atoms with Gasteiger partial charge in [0, 0.05) is 12.4 Å². The highest BCUT2D eigenvalue weighted by Gasteiger charge is 2.14. The van der Waals surface area contributed by atoms with Gasteiger partial charge in [0.25, 0.3) is 10.0 Å². The van der Waals surface area contributed by atoms with Crippen LogP contribution in [-0.4, -0.2) is 18.4 Å². The molecule has 0 fully saturated rings. The zero-order chi connectivity index (χ0) is 11.6. The Labute approximate surface area is 91.4 Å². The van der Waals surface area contributed by atoms with E-state index in [0.29, 0.717) is 0 Å². The molecule has 0 radical (unpaired) electrons. The molecule has 0 saturated carbocycles. The molecule has 16 heavy (non-hydrogen) atoms. The van der Waals surface area contributed by atoms with Crippen LogP contribution in [0.15, 0.2) is 41.6 Å². The average molecular weight is 241 g/mol. The van der Waals surface area contributed by atoms with E-state index >= 15 is 0 Å². The lowest BCUT2D eigenvalue weighted by Crippen LogP contribution is -2.13. The molecule has 2 N–H and O–H groups in total. The van der Waals surface area contributed by atoms with E-state index in [-0.39, 0.29) is 10.8 Å². The Morgan fingerprint density at radius 2 is 1.94 bits per heavy atom.